The number of methoxy groups -OCH3 is 1. The van der Waals surface area contributed by atoms with Gasteiger partial charge < -0.3 is 15.0 Å². The molecule has 0 saturated heterocycles. The summed E-state index contributed by atoms with van der Waals surface area (Å²) in [6.45, 7) is 0. The van der Waals surface area contributed by atoms with Gasteiger partial charge in [0.1, 0.15) is 9.32 Å². The Morgan fingerprint density at radius 3 is 2.67 bits per heavy atom. The number of anilines is 1. The van der Waals surface area contributed by atoms with Crippen molar-refractivity contribution in [1.82, 2.24) is 4.90 Å². The molecule has 8 heteroatoms. The average molecular weight is 387 g/mol. The molecule has 1 aromatic heterocycles. The first kappa shape index (κ1) is 19.2. The monoisotopic (exact) mass is 386 g/mol. The van der Waals surface area contributed by atoms with Crippen molar-refractivity contribution < 1.29 is 14.3 Å². The number of rotatable bonds is 4. The molecule has 0 atom stereocenters. The Morgan fingerprint density at radius 1 is 1.29 bits per heavy atom. The summed E-state index contributed by atoms with van der Waals surface area (Å²) in [5, 5.41) is 3.48. The lowest BCUT2D eigenvalue weighted by molar-refractivity contribution is -0.113. The smallest absolute Gasteiger partial charge is 0.341 e. The third-order valence-electron chi connectivity index (χ3n) is 3.76. The van der Waals surface area contributed by atoms with Crippen LogP contribution < -0.4 is 5.32 Å². The highest BCUT2D eigenvalue weighted by molar-refractivity contribution is 8.23. The topological polar surface area (TPSA) is 58.6 Å². The van der Waals surface area contributed by atoms with Crippen molar-refractivity contribution in [3.8, 4) is 0 Å². The van der Waals surface area contributed by atoms with Gasteiger partial charge in [-0.15, -0.1) is 11.3 Å². The Labute approximate surface area is 156 Å². The van der Waals surface area contributed by atoms with Crippen molar-refractivity contribution >= 4 is 56.5 Å². The predicted octanol–water partition coefficient (Wildman–Crippen LogP) is 3.32. The fraction of sp³-hybridized carbons (Fsp3) is 0.562. The first-order valence-corrected chi connectivity index (χ1v) is 10.0. The predicted molar refractivity (Wildman–Crippen MR) is 104 cm³/mol. The molecule has 0 aliphatic heterocycles. The number of carbonyl (C=O) groups is 2. The van der Waals surface area contributed by atoms with Crippen LogP contribution in [-0.2, 0) is 22.4 Å². The Morgan fingerprint density at radius 2 is 2.00 bits per heavy atom. The molecule has 0 fully saturated rings. The molecule has 0 unspecified atom stereocenters. The second-order valence-electron chi connectivity index (χ2n) is 5.76. The SMILES string of the molecule is COC(=O)c1c(NC(=O)CSC(=S)N(C)C)sc2c1CCCCC2. The second-order valence-corrected chi connectivity index (χ2v) is 8.47. The van der Waals surface area contributed by atoms with E-state index in [9.17, 15) is 9.59 Å². The number of amides is 1. The number of nitrogens with one attached hydrogen (secondary N) is 1. The summed E-state index contributed by atoms with van der Waals surface area (Å²) < 4.78 is 5.59. The molecule has 0 spiro atoms. The van der Waals surface area contributed by atoms with Crippen LogP contribution in [0.15, 0.2) is 0 Å². The normalized spacial score (nSPS) is 13.6. The summed E-state index contributed by atoms with van der Waals surface area (Å²) in [5.74, 6) is -0.313. The highest BCUT2D eigenvalue weighted by Crippen LogP contribution is 2.38. The molecule has 0 saturated carbocycles. The lowest BCUT2D eigenvalue weighted by Crippen LogP contribution is -2.21. The molecule has 24 heavy (non-hydrogen) atoms. The van der Waals surface area contributed by atoms with E-state index in [-0.39, 0.29) is 17.6 Å². The summed E-state index contributed by atoms with van der Waals surface area (Å²) in [5.41, 5.74) is 1.59. The van der Waals surface area contributed by atoms with E-state index in [4.69, 9.17) is 17.0 Å². The van der Waals surface area contributed by atoms with E-state index < -0.39 is 0 Å². The molecule has 0 radical (unpaired) electrons. The molecule has 0 aromatic carbocycles. The number of esters is 1. The fourth-order valence-electron chi connectivity index (χ4n) is 2.57. The van der Waals surface area contributed by atoms with Crippen LogP contribution in [0, 0.1) is 0 Å². The number of fused-ring (bicyclic) bond motifs is 1. The van der Waals surface area contributed by atoms with Crippen LogP contribution in [0.25, 0.3) is 0 Å². The molecule has 2 rings (SSSR count). The van der Waals surface area contributed by atoms with Gasteiger partial charge in [-0.1, -0.05) is 30.4 Å². The standard InChI is InChI=1S/C16H22N2O3S3/c1-18(2)16(22)23-9-12(19)17-14-13(15(20)21-3)10-7-5-4-6-8-11(10)24-14/h4-9H2,1-3H3,(H,17,19). The molecule has 132 valence electrons. The van der Waals surface area contributed by atoms with E-state index in [0.29, 0.717) is 14.9 Å². The number of carbonyl (C=O) groups excluding carboxylic acids is 2. The minimum absolute atomic E-state index is 0.161. The van der Waals surface area contributed by atoms with Crippen molar-refractivity contribution in [2.45, 2.75) is 32.1 Å². The first-order valence-electron chi connectivity index (χ1n) is 7.80. The summed E-state index contributed by atoms with van der Waals surface area (Å²) >= 11 is 7.98. The average Bonchev–Trinajstić information content (AvgIpc) is 2.72. The van der Waals surface area contributed by atoms with Gasteiger partial charge in [0.05, 0.1) is 18.4 Å². The minimum atomic E-state index is -0.374. The molecule has 1 aromatic rings. The van der Waals surface area contributed by atoms with Gasteiger partial charge >= 0.3 is 5.97 Å². The fourth-order valence-corrected chi connectivity index (χ4v) is 4.62. The van der Waals surface area contributed by atoms with Crippen molar-refractivity contribution in [2.24, 2.45) is 0 Å². The zero-order chi connectivity index (χ0) is 17.7. The summed E-state index contributed by atoms with van der Waals surface area (Å²) in [6, 6.07) is 0. The molecule has 1 N–H and O–H groups in total. The maximum atomic E-state index is 12.2. The van der Waals surface area contributed by atoms with E-state index >= 15 is 0 Å². The number of hydrogen-bond donors (Lipinski definition) is 1. The molecule has 0 bridgehead atoms. The Hall–Kier alpha value is -1.12. The molecule has 5 nitrogen and oxygen atoms in total. The molecule has 1 heterocycles. The zero-order valence-electron chi connectivity index (χ0n) is 14.1. The molecular formula is C16H22N2O3S3. The van der Waals surface area contributed by atoms with E-state index in [1.807, 2.05) is 14.1 Å². The maximum absolute atomic E-state index is 12.2. The molecule has 1 aliphatic carbocycles. The van der Waals surface area contributed by atoms with Gasteiger partial charge in [0.2, 0.25) is 5.91 Å². The molecule has 1 aliphatic rings. The van der Waals surface area contributed by atoms with E-state index in [1.54, 1.807) is 4.90 Å². The third-order valence-corrected chi connectivity index (χ3v) is 6.70. The van der Waals surface area contributed by atoms with E-state index in [0.717, 1.165) is 31.2 Å². The Kier molecular flexibility index (Phi) is 7.06. The van der Waals surface area contributed by atoms with Gasteiger partial charge in [0.15, 0.2) is 0 Å². The van der Waals surface area contributed by atoms with Gasteiger partial charge in [0.25, 0.3) is 0 Å². The number of thiocarbonyl (C=S) groups is 1. The van der Waals surface area contributed by atoms with Gasteiger partial charge in [-0.25, -0.2) is 4.79 Å². The van der Waals surface area contributed by atoms with Gasteiger partial charge in [-0.3, -0.25) is 4.79 Å². The lowest BCUT2D eigenvalue weighted by Gasteiger charge is -2.12. The van der Waals surface area contributed by atoms with Crippen LogP contribution in [0.4, 0.5) is 5.00 Å². The lowest BCUT2D eigenvalue weighted by atomic mass is 10.1. The van der Waals surface area contributed by atoms with E-state index in [2.05, 4.69) is 5.32 Å². The Bertz CT molecular complexity index is 641. The largest absolute Gasteiger partial charge is 0.465 e. The quantitative estimate of drug-likeness (QED) is 0.487. The highest BCUT2D eigenvalue weighted by atomic mass is 32.2. The maximum Gasteiger partial charge on any atom is 0.341 e. The van der Waals surface area contributed by atoms with Crippen LogP contribution >= 0.6 is 35.3 Å². The third kappa shape index (κ3) is 4.70. The second kappa shape index (κ2) is 8.82. The number of nitrogens with zero attached hydrogens (tertiary/aromatic N) is 1. The van der Waals surface area contributed by atoms with Crippen molar-refractivity contribution in [1.29, 1.82) is 0 Å². The number of thiophene rings is 1. The van der Waals surface area contributed by atoms with Crippen LogP contribution in [0.5, 0.6) is 0 Å². The van der Waals surface area contributed by atoms with Crippen molar-refractivity contribution in [3.63, 3.8) is 0 Å². The number of hydrogen-bond acceptors (Lipinski definition) is 6. The highest BCUT2D eigenvalue weighted by Gasteiger charge is 2.26. The number of aryl methyl sites for hydroxylation is 1. The van der Waals surface area contributed by atoms with Crippen LogP contribution in [0.3, 0.4) is 0 Å². The minimum Gasteiger partial charge on any atom is -0.465 e. The van der Waals surface area contributed by atoms with Gasteiger partial charge in [-0.2, -0.15) is 0 Å². The van der Waals surface area contributed by atoms with Gasteiger partial charge in [-0.05, 0) is 31.2 Å². The first-order chi connectivity index (χ1) is 11.4. The summed E-state index contributed by atoms with van der Waals surface area (Å²) in [4.78, 5) is 27.4. The van der Waals surface area contributed by atoms with Crippen LogP contribution in [0.2, 0.25) is 0 Å². The summed E-state index contributed by atoms with van der Waals surface area (Å²) in [6.07, 6.45) is 5.18. The Balaban J connectivity index is 2.15. The zero-order valence-corrected chi connectivity index (χ0v) is 16.6. The number of thioether (sulfide) groups is 1. The van der Waals surface area contributed by atoms with Crippen molar-refractivity contribution in [3.05, 3.63) is 16.0 Å². The van der Waals surface area contributed by atoms with E-state index in [1.165, 1.54) is 41.5 Å². The van der Waals surface area contributed by atoms with Gasteiger partial charge in [0, 0.05) is 19.0 Å². The van der Waals surface area contributed by atoms with Crippen molar-refractivity contribution in [2.75, 3.05) is 32.3 Å². The van der Waals surface area contributed by atoms with Crippen LogP contribution in [0.1, 0.15) is 40.1 Å². The molecular weight excluding hydrogens is 364 g/mol. The molecule has 1 amide bonds. The van der Waals surface area contributed by atoms with Crippen LogP contribution in [-0.4, -0.2) is 48.1 Å². The number of ether oxygens (including phenoxy) is 1. The summed E-state index contributed by atoms with van der Waals surface area (Å²) in [7, 11) is 5.07.